The molecule has 1 atom stereocenters. The molecule has 0 unspecified atom stereocenters. The van der Waals surface area contributed by atoms with E-state index in [0.29, 0.717) is 6.42 Å². The average Bonchev–Trinajstić information content (AvgIpc) is 2.40. The lowest BCUT2D eigenvalue weighted by atomic mass is 10.1. The van der Waals surface area contributed by atoms with E-state index in [2.05, 4.69) is 34.5 Å². The SMILES string of the molecule is COC(=O)C[C@H]1CN(Cc2ccccc2)CCN1. The third-order valence-electron chi connectivity index (χ3n) is 3.23. The van der Waals surface area contributed by atoms with Gasteiger partial charge >= 0.3 is 5.97 Å². The number of carbonyl (C=O) groups excluding carboxylic acids is 1. The van der Waals surface area contributed by atoms with Crippen molar-refractivity contribution in [2.45, 2.75) is 19.0 Å². The summed E-state index contributed by atoms with van der Waals surface area (Å²) < 4.78 is 4.71. The second kappa shape index (κ2) is 6.52. The summed E-state index contributed by atoms with van der Waals surface area (Å²) >= 11 is 0. The number of piperazine rings is 1. The van der Waals surface area contributed by atoms with Crippen molar-refractivity contribution in [2.24, 2.45) is 0 Å². The summed E-state index contributed by atoms with van der Waals surface area (Å²) in [5.41, 5.74) is 1.32. The number of benzene rings is 1. The lowest BCUT2D eigenvalue weighted by Crippen LogP contribution is -2.51. The van der Waals surface area contributed by atoms with Gasteiger partial charge in [-0.05, 0) is 5.56 Å². The van der Waals surface area contributed by atoms with Gasteiger partial charge in [-0.1, -0.05) is 30.3 Å². The van der Waals surface area contributed by atoms with Gasteiger partial charge in [0.2, 0.25) is 0 Å². The van der Waals surface area contributed by atoms with Gasteiger partial charge in [0.25, 0.3) is 0 Å². The van der Waals surface area contributed by atoms with Crippen molar-refractivity contribution in [1.82, 2.24) is 10.2 Å². The lowest BCUT2D eigenvalue weighted by molar-refractivity contribution is -0.141. The molecule has 1 aliphatic heterocycles. The fourth-order valence-corrected chi connectivity index (χ4v) is 2.30. The minimum Gasteiger partial charge on any atom is -0.469 e. The third kappa shape index (κ3) is 3.82. The molecule has 0 saturated carbocycles. The summed E-state index contributed by atoms with van der Waals surface area (Å²) in [4.78, 5) is 13.6. The van der Waals surface area contributed by atoms with Crippen LogP contribution in [0.3, 0.4) is 0 Å². The zero-order chi connectivity index (χ0) is 12.8. The lowest BCUT2D eigenvalue weighted by Gasteiger charge is -2.33. The van der Waals surface area contributed by atoms with Crippen LogP contribution in [0.25, 0.3) is 0 Å². The van der Waals surface area contributed by atoms with Crippen LogP contribution in [-0.2, 0) is 16.1 Å². The molecular formula is C14H20N2O2. The van der Waals surface area contributed by atoms with Crippen LogP contribution in [0.2, 0.25) is 0 Å². The molecule has 0 bridgehead atoms. The summed E-state index contributed by atoms with van der Waals surface area (Å²) in [6, 6.07) is 10.6. The number of carbonyl (C=O) groups is 1. The highest BCUT2D eigenvalue weighted by molar-refractivity contribution is 5.69. The van der Waals surface area contributed by atoms with Gasteiger partial charge in [-0.2, -0.15) is 0 Å². The molecule has 1 aromatic carbocycles. The largest absolute Gasteiger partial charge is 0.469 e. The van der Waals surface area contributed by atoms with Crippen LogP contribution < -0.4 is 5.32 Å². The number of hydrogen-bond donors (Lipinski definition) is 1. The molecule has 1 saturated heterocycles. The van der Waals surface area contributed by atoms with Crippen molar-refractivity contribution >= 4 is 5.97 Å². The molecule has 1 aliphatic rings. The van der Waals surface area contributed by atoms with E-state index in [-0.39, 0.29) is 12.0 Å². The van der Waals surface area contributed by atoms with Gasteiger partial charge < -0.3 is 10.1 Å². The van der Waals surface area contributed by atoms with Crippen LogP contribution in [0.5, 0.6) is 0 Å². The summed E-state index contributed by atoms with van der Waals surface area (Å²) in [5.74, 6) is -0.144. The van der Waals surface area contributed by atoms with Gasteiger partial charge in [-0.3, -0.25) is 9.69 Å². The molecular weight excluding hydrogens is 228 g/mol. The van der Waals surface area contributed by atoms with E-state index >= 15 is 0 Å². The second-order valence-corrected chi connectivity index (χ2v) is 4.65. The zero-order valence-electron chi connectivity index (χ0n) is 10.8. The van der Waals surface area contributed by atoms with E-state index in [1.54, 1.807) is 0 Å². The van der Waals surface area contributed by atoms with Crippen LogP contribution in [0.15, 0.2) is 30.3 Å². The van der Waals surface area contributed by atoms with Crippen LogP contribution in [0.4, 0.5) is 0 Å². The first-order chi connectivity index (χ1) is 8.78. The van der Waals surface area contributed by atoms with Crippen molar-refractivity contribution in [2.75, 3.05) is 26.7 Å². The minimum absolute atomic E-state index is 0.144. The summed E-state index contributed by atoms with van der Waals surface area (Å²) in [7, 11) is 1.44. The van der Waals surface area contributed by atoms with Gasteiger partial charge in [0.05, 0.1) is 13.5 Å². The first kappa shape index (κ1) is 13.1. The quantitative estimate of drug-likeness (QED) is 0.808. The molecule has 1 N–H and O–H groups in total. The molecule has 0 spiro atoms. The molecule has 2 rings (SSSR count). The Morgan fingerprint density at radius 1 is 1.44 bits per heavy atom. The van der Waals surface area contributed by atoms with Crippen molar-refractivity contribution in [3.8, 4) is 0 Å². The van der Waals surface area contributed by atoms with Gasteiger partial charge in [-0.15, -0.1) is 0 Å². The average molecular weight is 248 g/mol. The normalized spacial score (nSPS) is 20.6. The standard InChI is InChI=1S/C14H20N2O2/c1-18-14(17)9-13-11-16(8-7-15-13)10-12-5-3-2-4-6-12/h2-6,13,15H,7-11H2,1H3/t13-/m0/s1. The Morgan fingerprint density at radius 3 is 2.94 bits per heavy atom. The molecule has 4 heteroatoms. The number of ether oxygens (including phenoxy) is 1. The van der Waals surface area contributed by atoms with Crippen LogP contribution in [-0.4, -0.2) is 43.7 Å². The van der Waals surface area contributed by atoms with Gasteiger partial charge in [0.1, 0.15) is 0 Å². The fraction of sp³-hybridized carbons (Fsp3) is 0.500. The van der Waals surface area contributed by atoms with Gasteiger partial charge in [0.15, 0.2) is 0 Å². The van der Waals surface area contributed by atoms with Crippen molar-refractivity contribution in [3.05, 3.63) is 35.9 Å². The molecule has 0 aliphatic carbocycles. The molecule has 0 amide bonds. The molecule has 1 fully saturated rings. The maximum absolute atomic E-state index is 11.3. The van der Waals surface area contributed by atoms with Crippen LogP contribution in [0, 0.1) is 0 Å². The third-order valence-corrected chi connectivity index (χ3v) is 3.23. The second-order valence-electron chi connectivity index (χ2n) is 4.65. The molecule has 0 radical (unpaired) electrons. The fourth-order valence-electron chi connectivity index (χ4n) is 2.30. The molecule has 1 heterocycles. The van der Waals surface area contributed by atoms with E-state index in [1.165, 1.54) is 12.7 Å². The molecule has 0 aromatic heterocycles. The van der Waals surface area contributed by atoms with E-state index in [1.807, 2.05) is 6.07 Å². The minimum atomic E-state index is -0.144. The van der Waals surface area contributed by atoms with Gasteiger partial charge in [-0.25, -0.2) is 0 Å². The number of hydrogen-bond acceptors (Lipinski definition) is 4. The van der Waals surface area contributed by atoms with Crippen LogP contribution >= 0.6 is 0 Å². The highest BCUT2D eigenvalue weighted by Gasteiger charge is 2.21. The highest BCUT2D eigenvalue weighted by Crippen LogP contribution is 2.09. The Morgan fingerprint density at radius 2 is 2.22 bits per heavy atom. The number of nitrogens with zero attached hydrogens (tertiary/aromatic N) is 1. The molecule has 1 aromatic rings. The smallest absolute Gasteiger partial charge is 0.307 e. The number of esters is 1. The van der Waals surface area contributed by atoms with E-state index < -0.39 is 0 Å². The maximum Gasteiger partial charge on any atom is 0.307 e. The van der Waals surface area contributed by atoms with Crippen molar-refractivity contribution < 1.29 is 9.53 Å². The Kier molecular flexibility index (Phi) is 4.73. The molecule has 98 valence electrons. The maximum atomic E-state index is 11.3. The zero-order valence-corrected chi connectivity index (χ0v) is 10.8. The Bertz CT molecular complexity index is 381. The Labute approximate surface area is 108 Å². The summed E-state index contributed by atoms with van der Waals surface area (Å²) in [6.45, 7) is 3.78. The molecule has 4 nitrogen and oxygen atoms in total. The summed E-state index contributed by atoms with van der Waals surface area (Å²) in [6.07, 6.45) is 0.446. The van der Waals surface area contributed by atoms with E-state index in [4.69, 9.17) is 4.74 Å². The first-order valence-corrected chi connectivity index (χ1v) is 6.34. The predicted molar refractivity (Wildman–Crippen MR) is 70.1 cm³/mol. The number of nitrogens with one attached hydrogen (secondary N) is 1. The van der Waals surface area contributed by atoms with E-state index in [9.17, 15) is 4.79 Å². The molecule has 18 heavy (non-hydrogen) atoms. The number of rotatable bonds is 4. The topological polar surface area (TPSA) is 41.6 Å². The van der Waals surface area contributed by atoms with E-state index in [0.717, 1.165) is 26.2 Å². The Hall–Kier alpha value is -1.39. The number of methoxy groups -OCH3 is 1. The summed E-state index contributed by atoms with van der Waals surface area (Å²) in [5, 5.41) is 3.36. The Balaban J connectivity index is 1.85. The van der Waals surface area contributed by atoms with Crippen molar-refractivity contribution in [3.63, 3.8) is 0 Å². The van der Waals surface area contributed by atoms with Crippen LogP contribution in [0.1, 0.15) is 12.0 Å². The highest BCUT2D eigenvalue weighted by atomic mass is 16.5. The monoisotopic (exact) mass is 248 g/mol. The van der Waals surface area contributed by atoms with Crippen molar-refractivity contribution in [1.29, 1.82) is 0 Å². The first-order valence-electron chi connectivity index (χ1n) is 6.34. The predicted octanol–water partition coefficient (Wildman–Crippen LogP) is 1.02. The van der Waals surface area contributed by atoms with Gasteiger partial charge in [0, 0.05) is 32.2 Å².